The maximum atomic E-state index is 6.06. The Morgan fingerprint density at radius 1 is 1.33 bits per heavy atom. The van der Waals surface area contributed by atoms with Crippen LogP contribution in [-0.4, -0.2) is 25.9 Å². The van der Waals surface area contributed by atoms with Crippen LogP contribution in [0.15, 0.2) is 30.6 Å². The lowest BCUT2D eigenvalue weighted by atomic mass is 10.2. The van der Waals surface area contributed by atoms with E-state index in [1.54, 1.807) is 4.68 Å². The Kier molecular flexibility index (Phi) is 3.84. The van der Waals surface area contributed by atoms with Gasteiger partial charge in [0.05, 0.1) is 30.7 Å². The van der Waals surface area contributed by atoms with Gasteiger partial charge in [0.25, 0.3) is 0 Å². The highest BCUT2D eigenvalue weighted by Gasteiger charge is 2.14. The van der Waals surface area contributed by atoms with E-state index in [2.05, 4.69) is 14.6 Å². The summed E-state index contributed by atoms with van der Waals surface area (Å²) in [5, 5.41) is 4.20. The second-order valence-electron chi connectivity index (χ2n) is 4.83. The molecule has 0 saturated carbocycles. The second-order valence-corrected chi connectivity index (χ2v) is 5.09. The van der Waals surface area contributed by atoms with Crippen LogP contribution in [0.3, 0.4) is 0 Å². The zero-order chi connectivity index (χ0) is 14.8. The number of alkyl halides is 1. The van der Waals surface area contributed by atoms with Gasteiger partial charge in [-0.05, 0) is 19.1 Å². The number of hydrogen-bond donors (Lipinski definition) is 0. The molecule has 6 heteroatoms. The lowest BCUT2D eigenvalue weighted by Gasteiger charge is -2.07. The minimum absolute atomic E-state index is 0.362. The Bertz CT molecular complexity index is 762. The number of aryl methyl sites for hydroxylation is 1. The van der Waals surface area contributed by atoms with E-state index in [9.17, 15) is 0 Å². The zero-order valence-electron chi connectivity index (χ0n) is 12.1. The van der Waals surface area contributed by atoms with Crippen LogP contribution >= 0.6 is 11.6 Å². The second kappa shape index (κ2) is 5.77. The summed E-state index contributed by atoms with van der Waals surface area (Å²) in [6.07, 6.45) is 3.85. The van der Waals surface area contributed by atoms with E-state index in [0.717, 1.165) is 28.2 Å². The van der Waals surface area contributed by atoms with Gasteiger partial charge in [-0.3, -0.25) is 4.68 Å². The lowest BCUT2D eigenvalue weighted by molar-refractivity contribution is 0.343. The highest BCUT2D eigenvalue weighted by Crippen LogP contribution is 2.27. The highest BCUT2D eigenvalue weighted by molar-refractivity contribution is 6.16. The maximum Gasteiger partial charge on any atom is 0.147 e. The number of aromatic nitrogens is 4. The smallest absolute Gasteiger partial charge is 0.147 e. The topological polar surface area (TPSA) is 44.9 Å². The van der Waals surface area contributed by atoms with Crippen molar-refractivity contribution in [1.29, 1.82) is 0 Å². The van der Waals surface area contributed by atoms with Gasteiger partial charge >= 0.3 is 0 Å². The van der Waals surface area contributed by atoms with Gasteiger partial charge in [0.2, 0.25) is 0 Å². The van der Waals surface area contributed by atoms with Gasteiger partial charge in [-0.1, -0.05) is 6.07 Å². The minimum Gasteiger partial charge on any atom is -0.492 e. The van der Waals surface area contributed by atoms with Crippen molar-refractivity contribution in [3.63, 3.8) is 0 Å². The number of fused-ring (bicyclic) bond motifs is 1. The molecule has 0 N–H and O–H groups in total. The van der Waals surface area contributed by atoms with Crippen LogP contribution in [0.4, 0.5) is 0 Å². The quantitative estimate of drug-likeness (QED) is 0.681. The summed E-state index contributed by atoms with van der Waals surface area (Å²) >= 11 is 6.06. The van der Waals surface area contributed by atoms with Crippen LogP contribution in [0.25, 0.3) is 11.0 Å². The first kappa shape index (κ1) is 13.9. The van der Waals surface area contributed by atoms with Crippen molar-refractivity contribution in [2.45, 2.75) is 19.3 Å². The first-order chi connectivity index (χ1) is 10.2. The third kappa shape index (κ3) is 2.61. The summed E-state index contributed by atoms with van der Waals surface area (Å²) in [5.41, 5.74) is 3.00. The first-order valence-corrected chi connectivity index (χ1v) is 7.40. The van der Waals surface area contributed by atoms with Crippen LogP contribution in [-0.2, 0) is 19.5 Å². The number of halogens is 1. The molecule has 0 aliphatic carbocycles. The van der Waals surface area contributed by atoms with E-state index < -0.39 is 0 Å². The predicted octanol–water partition coefficient (Wildman–Crippen LogP) is 2.96. The fourth-order valence-electron chi connectivity index (χ4n) is 2.46. The van der Waals surface area contributed by atoms with Crippen LogP contribution in [0.5, 0.6) is 5.75 Å². The molecule has 2 aromatic heterocycles. The summed E-state index contributed by atoms with van der Waals surface area (Å²) in [6.45, 7) is 3.28. The molecule has 3 aromatic rings. The summed E-state index contributed by atoms with van der Waals surface area (Å²) in [7, 11) is 1.91. The lowest BCUT2D eigenvalue weighted by Crippen LogP contribution is -2.03. The molecule has 5 nitrogen and oxygen atoms in total. The van der Waals surface area contributed by atoms with Crippen molar-refractivity contribution in [2.75, 3.05) is 6.61 Å². The largest absolute Gasteiger partial charge is 0.492 e. The summed E-state index contributed by atoms with van der Waals surface area (Å²) in [6, 6.07) is 5.95. The molecule has 0 aliphatic rings. The van der Waals surface area contributed by atoms with Crippen molar-refractivity contribution in [3.8, 4) is 5.75 Å². The van der Waals surface area contributed by atoms with Gasteiger partial charge in [-0.15, -0.1) is 11.6 Å². The molecule has 3 rings (SSSR count). The van der Waals surface area contributed by atoms with E-state index >= 15 is 0 Å². The molecule has 0 spiro atoms. The monoisotopic (exact) mass is 304 g/mol. The van der Waals surface area contributed by atoms with Crippen molar-refractivity contribution < 1.29 is 4.74 Å². The summed E-state index contributed by atoms with van der Waals surface area (Å²) in [4.78, 5) is 4.63. The number of rotatable bonds is 5. The van der Waals surface area contributed by atoms with E-state index in [-0.39, 0.29) is 0 Å². The molecule has 0 saturated heterocycles. The Morgan fingerprint density at radius 2 is 2.19 bits per heavy atom. The molecule has 0 aliphatic heterocycles. The molecule has 0 atom stereocenters. The number of para-hydroxylation sites is 1. The fraction of sp³-hybridized carbons (Fsp3) is 0.333. The zero-order valence-corrected chi connectivity index (χ0v) is 12.8. The highest BCUT2D eigenvalue weighted by atomic mass is 35.5. The number of ether oxygens (including phenoxy) is 1. The number of hydrogen-bond acceptors (Lipinski definition) is 3. The van der Waals surface area contributed by atoms with Crippen LogP contribution < -0.4 is 4.74 Å². The molecule has 21 heavy (non-hydrogen) atoms. The maximum absolute atomic E-state index is 6.06. The molecule has 0 amide bonds. The van der Waals surface area contributed by atoms with E-state index in [1.807, 2.05) is 44.6 Å². The van der Waals surface area contributed by atoms with Crippen molar-refractivity contribution in [1.82, 2.24) is 19.3 Å². The third-order valence-electron chi connectivity index (χ3n) is 3.34. The Hall–Kier alpha value is -2.01. The van der Waals surface area contributed by atoms with Gasteiger partial charge in [0.15, 0.2) is 0 Å². The molecule has 110 valence electrons. The molecule has 0 bridgehead atoms. The van der Waals surface area contributed by atoms with Crippen molar-refractivity contribution in [3.05, 3.63) is 42.0 Å². The molecule has 0 fully saturated rings. The van der Waals surface area contributed by atoms with Crippen LogP contribution in [0, 0.1) is 0 Å². The van der Waals surface area contributed by atoms with Crippen molar-refractivity contribution in [2.24, 2.45) is 7.05 Å². The molecule has 2 heterocycles. The Balaban J connectivity index is 2.09. The average molecular weight is 305 g/mol. The fourth-order valence-corrected chi connectivity index (χ4v) is 2.66. The summed E-state index contributed by atoms with van der Waals surface area (Å²) < 4.78 is 9.56. The Labute approximate surface area is 128 Å². The molecule has 0 radical (unpaired) electrons. The van der Waals surface area contributed by atoms with Gasteiger partial charge in [-0.25, -0.2) is 4.98 Å². The average Bonchev–Trinajstić information content (AvgIpc) is 3.05. The normalized spacial score (nSPS) is 11.2. The standard InChI is InChI=1S/C15H17ClN4O/c1-3-21-13-6-4-5-12-15(13)18-14(7-16)20(12)10-11-8-17-19(2)9-11/h4-6,8-9H,3,7,10H2,1-2H3. The minimum atomic E-state index is 0.362. The van der Waals surface area contributed by atoms with Crippen LogP contribution in [0.2, 0.25) is 0 Å². The molecule has 0 unspecified atom stereocenters. The number of benzene rings is 1. The van der Waals surface area contributed by atoms with Gasteiger partial charge < -0.3 is 9.30 Å². The van der Waals surface area contributed by atoms with Crippen molar-refractivity contribution >= 4 is 22.6 Å². The SMILES string of the molecule is CCOc1cccc2c1nc(CCl)n2Cc1cnn(C)c1. The summed E-state index contributed by atoms with van der Waals surface area (Å²) in [5.74, 6) is 1.99. The van der Waals surface area contributed by atoms with Crippen LogP contribution in [0.1, 0.15) is 18.3 Å². The first-order valence-electron chi connectivity index (χ1n) is 6.87. The third-order valence-corrected chi connectivity index (χ3v) is 3.58. The predicted molar refractivity (Wildman–Crippen MR) is 82.8 cm³/mol. The number of imidazole rings is 1. The van der Waals surface area contributed by atoms with E-state index in [0.29, 0.717) is 19.0 Å². The molecular formula is C15H17ClN4O. The molecule has 1 aromatic carbocycles. The number of nitrogens with zero attached hydrogens (tertiary/aromatic N) is 4. The van der Waals surface area contributed by atoms with Gasteiger partial charge in [0, 0.05) is 18.8 Å². The van der Waals surface area contributed by atoms with Gasteiger partial charge in [-0.2, -0.15) is 5.10 Å². The van der Waals surface area contributed by atoms with E-state index in [1.165, 1.54) is 0 Å². The molecular weight excluding hydrogens is 288 g/mol. The van der Waals surface area contributed by atoms with E-state index in [4.69, 9.17) is 16.3 Å². The Morgan fingerprint density at radius 3 is 2.86 bits per heavy atom. The van der Waals surface area contributed by atoms with Gasteiger partial charge in [0.1, 0.15) is 17.1 Å².